The van der Waals surface area contributed by atoms with E-state index in [-0.39, 0.29) is 17.5 Å². The largest absolute Gasteiger partial charge is 0.329 e. The second-order valence-corrected chi connectivity index (χ2v) is 9.71. The molecule has 154 valence electrons. The van der Waals surface area contributed by atoms with E-state index in [1.807, 2.05) is 12.1 Å². The molecule has 2 heterocycles. The molecule has 0 saturated carbocycles. The maximum absolute atomic E-state index is 13.6. The number of benzene rings is 2. The molecule has 2 aromatic carbocycles. The minimum Gasteiger partial charge on any atom is -0.329 e. The first-order chi connectivity index (χ1) is 13.8. The van der Waals surface area contributed by atoms with Crippen LogP contribution in [0.3, 0.4) is 0 Å². The number of carbonyl (C=O) groups excluding carboxylic acids is 1. The number of amides is 1. The summed E-state index contributed by atoms with van der Waals surface area (Å²) in [5.41, 5.74) is 3.31. The third-order valence-electron chi connectivity index (χ3n) is 6.24. The fourth-order valence-electron chi connectivity index (χ4n) is 4.94. The molecule has 0 spiro atoms. The van der Waals surface area contributed by atoms with Crippen LogP contribution in [0.4, 0.5) is 0 Å². The lowest BCUT2D eigenvalue weighted by molar-refractivity contribution is -0.141. The van der Waals surface area contributed by atoms with Gasteiger partial charge in [0.05, 0.1) is 22.5 Å². The van der Waals surface area contributed by atoms with Crippen molar-refractivity contribution in [3.05, 3.63) is 69.2 Å². The predicted molar refractivity (Wildman–Crippen MR) is 120 cm³/mol. The molecule has 1 atom stereocenters. The monoisotopic (exact) mass is 430 g/mol. The van der Waals surface area contributed by atoms with E-state index in [0.717, 1.165) is 31.6 Å². The number of likely N-dealkylation sites (tertiary alicyclic amines) is 1. The molecule has 5 heteroatoms. The third-order valence-corrected chi connectivity index (χ3v) is 6.98. The number of hydrogen-bond acceptors (Lipinski definition) is 2. The van der Waals surface area contributed by atoms with Crippen LogP contribution in [-0.4, -0.2) is 40.9 Å². The number of nitrogens with zero attached hydrogens (tertiary/aromatic N) is 2. The summed E-state index contributed by atoms with van der Waals surface area (Å²) in [5.74, 6) is 0.145. The SMILES string of the molecule is CC1(C)Cc2ccccc2[C@H](CN2CCCC2)N1C(=O)Cc1ccc(Cl)c(Cl)c1. The van der Waals surface area contributed by atoms with Gasteiger partial charge in [0.2, 0.25) is 5.91 Å². The van der Waals surface area contributed by atoms with Crippen molar-refractivity contribution in [2.75, 3.05) is 19.6 Å². The second kappa shape index (κ2) is 8.29. The van der Waals surface area contributed by atoms with Gasteiger partial charge >= 0.3 is 0 Å². The molecule has 3 nitrogen and oxygen atoms in total. The van der Waals surface area contributed by atoms with Crippen molar-refractivity contribution in [1.29, 1.82) is 0 Å². The zero-order chi connectivity index (χ0) is 20.6. The summed E-state index contributed by atoms with van der Waals surface area (Å²) in [4.78, 5) is 18.2. The predicted octanol–water partition coefficient (Wildman–Crippen LogP) is 5.54. The van der Waals surface area contributed by atoms with E-state index in [2.05, 4.69) is 47.9 Å². The zero-order valence-electron chi connectivity index (χ0n) is 17.1. The van der Waals surface area contributed by atoms with Gasteiger partial charge in [-0.3, -0.25) is 4.79 Å². The normalized spacial score (nSPS) is 21.2. The average Bonchev–Trinajstić information content (AvgIpc) is 3.17. The van der Waals surface area contributed by atoms with Crippen molar-refractivity contribution in [3.8, 4) is 0 Å². The lowest BCUT2D eigenvalue weighted by Crippen LogP contribution is -2.56. The van der Waals surface area contributed by atoms with E-state index in [1.165, 1.54) is 24.0 Å². The van der Waals surface area contributed by atoms with E-state index < -0.39 is 0 Å². The quantitative estimate of drug-likeness (QED) is 0.635. The number of rotatable bonds is 4. The summed E-state index contributed by atoms with van der Waals surface area (Å²) in [6.07, 6.45) is 3.69. The highest BCUT2D eigenvalue weighted by molar-refractivity contribution is 6.42. The highest BCUT2D eigenvalue weighted by atomic mass is 35.5. The van der Waals surface area contributed by atoms with Crippen LogP contribution in [0.15, 0.2) is 42.5 Å². The third kappa shape index (κ3) is 4.33. The van der Waals surface area contributed by atoms with Crippen molar-refractivity contribution >= 4 is 29.1 Å². The Morgan fingerprint density at radius 1 is 1.07 bits per heavy atom. The summed E-state index contributed by atoms with van der Waals surface area (Å²) in [7, 11) is 0. The van der Waals surface area contributed by atoms with Crippen LogP contribution >= 0.6 is 23.2 Å². The Bertz CT molecular complexity index is 906. The maximum Gasteiger partial charge on any atom is 0.228 e. The van der Waals surface area contributed by atoms with Crippen molar-refractivity contribution in [2.24, 2.45) is 0 Å². The molecule has 4 rings (SSSR count). The minimum atomic E-state index is -0.244. The van der Waals surface area contributed by atoms with Gasteiger partial charge in [0, 0.05) is 12.1 Å². The van der Waals surface area contributed by atoms with E-state index in [0.29, 0.717) is 16.5 Å². The second-order valence-electron chi connectivity index (χ2n) is 8.90. The molecule has 0 N–H and O–H groups in total. The summed E-state index contributed by atoms with van der Waals surface area (Å²) >= 11 is 12.2. The van der Waals surface area contributed by atoms with E-state index in [9.17, 15) is 4.79 Å². The molecule has 1 saturated heterocycles. The van der Waals surface area contributed by atoms with Crippen LogP contribution in [0.25, 0.3) is 0 Å². The van der Waals surface area contributed by atoms with Crippen molar-refractivity contribution in [1.82, 2.24) is 9.80 Å². The van der Waals surface area contributed by atoms with Crippen LogP contribution in [0, 0.1) is 0 Å². The Morgan fingerprint density at radius 2 is 1.79 bits per heavy atom. The summed E-state index contributed by atoms with van der Waals surface area (Å²) in [6, 6.07) is 14.2. The molecule has 2 aromatic rings. The molecule has 29 heavy (non-hydrogen) atoms. The van der Waals surface area contributed by atoms with Crippen LogP contribution in [-0.2, 0) is 17.6 Å². The first-order valence-electron chi connectivity index (χ1n) is 10.4. The molecule has 0 bridgehead atoms. The Hall–Kier alpha value is -1.55. The first-order valence-corrected chi connectivity index (χ1v) is 11.2. The minimum absolute atomic E-state index is 0.0725. The van der Waals surface area contributed by atoms with Crippen LogP contribution in [0.2, 0.25) is 10.0 Å². The van der Waals surface area contributed by atoms with Crippen molar-refractivity contribution < 1.29 is 4.79 Å². The van der Waals surface area contributed by atoms with E-state index in [1.54, 1.807) is 6.07 Å². The van der Waals surface area contributed by atoms with Crippen LogP contribution < -0.4 is 0 Å². The molecule has 1 amide bonds. The molecule has 2 aliphatic heterocycles. The summed E-state index contributed by atoms with van der Waals surface area (Å²) in [5, 5.41) is 1.01. The number of halogens is 2. The molecule has 0 unspecified atom stereocenters. The summed E-state index contributed by atoms with van der Waals surface area (Å²) < 4.78 is 0. The first kappa shape index (κ1) is 20.7. The fourth-order valence-corrected chi connectivity index (χ4v) is 5.26. The molecular formula is C24H28Cl2N2O. The van der Waals surface area contributed by atoms with Crippen LogP contribution in [0.1, 0.15) is 49.4 Å². The van der Waals surface area contributed by atoms with Crippen LogP contribution in [0.5, 0.6) is 0 Å². The molecule has 0 aliphatic carbocycles. The maximum atomic E-state index is 13.6. The molecule has 1 fully saturated rings. The standard InChI is InChI=1S/C24H28Cl2N2O/c1-24(2)15-18-7-3-4-8-19(18)22(16-27-11-5-6-12-27)28(24)23(29)14-17-9-10-20(25)21(26)13-17/h3-4,7-10,13,22H,5-6,11-12,14-16H2,1-2H3/t22-/m0/s1. The number of carbonyl (C=O) groups is 1. The summed E-state index contributed by atoms with van der Waals surface area (Å²) in [6.45, 7) is 7.51. The zero-order valence-corrected chi connectivity index (χ0v) is 18.6. The molecule has 2 aliphatic rings. The molecule has 0 aromatic heterocycles. The Morgan fingerprint density at radius 3 is 2.52 bits per heavy atom. The number of hydrogen-bond donors (Lipinski definition) is 0. The van der Waals surface area contributed by atoms with Gasteiger partial charge in [-0.05, 0) is 75.0 Å². The Labute approximate surface area is 183 Å². The van der Waals surface area contributed by atoms with Crippen molar-refractivity contribution in [2.45, 2.75) is 51.1 Å². The molecular weight excluding hydrogens is 403 g/mol. The van der Waals surface area contributed by atoms with Gasteiger partial charge in [0.25, 0.3) is 0 Å². The van der Waals surface area contributed by atoms with Crippen molar-refractivity contribution in [3.63, 3.8) is 0 Å². The van der Waals surface area contributed by atoms with Gasteiger partial charge < -0.3 is 9.80 Å². The topological polar surface area (TPSA) is 23.6 Å². The van der Waals surface area contributed by atoms with Gasteiger partial charge in [-0.1, -0.05) is 53.5 Å². The Balaban J connectivity index is 1.67. The van der Waals surface area contributed by atoms with Gasteiger partial charge in [0.1, 0.15) is 0 Å². The number of fused-ring (bicyclic) bond motifs is 1. The van der Waals surface area contributed by atoms with Gasteiger partial charge in [0.15, 0.2) is 0 Å². The highest BCUT2D eigenvalue weighted by Gasteiger charge is 2.42. The lowest BCUT2D eigenvalue weighted by Gasteiger charge is -2.49. The average molecular weight is 431 g/mol. The van der Waals surface area contributed by atoms with E-state index in [4.69, 9.17) is 23.2 Å². The van der Waals surface area contributed by atoms with Gasteiger partial charge in [-0.25, -0.2) is 0 Å². The Kier molecular flexibility index (Phi) is 5.92. The highest BCUT2D eigenvalue weighted by Crippen LogP contribution is 2.40. The lowest BCUT2D eigenvalue weighted by atomic mass is 9.80. The fraction of sp³-hybridized carbons (Fsp3) is 0.458. The van der Waals surface area contributed by atoms with Gasteiger partial charge in [-0.15, -0.1) is 0 Å². The molecule has 0 radical (unpaired) electrons. The van der Waals surface area contributed by atoms with Gasteiger partial charge in [-0.2, -0.15) is 0 Å². The smallest absolute Gasteiger partial charge is 0.228 e. The van der Waals surface area contributed by atoms with E-state index >= 15 is 0 Å².